The van der Waals surface area contributed by atoms with Crippen LogP contribution < -0.4 is 16.4 Å². The van der Waals surface area contributed by atoms with E-state index in [1.807, 2.05) is 6.92 Å². The van der Waals surface area contributed by atoms with Crippen molar-refractivity contribution in [3.8, 4) is 0 Å². The van der Waals surface area contributed by atoms with Gasteiger partial charge in [-0.1, -0.05) is 0 Å². The largest absolute Gasteiger partial charge is 0.481 e. The third kappa shape index (κ3) is 5.19. The van der Waals surface area contributed by atoms with Gasteiger partial charge in [0.15, 0.2) is 0 Å². The summed E-state index contributed by atoms with van der Waals surface area (Å²) in [6, 6.07) is 5.08. The Balaban J connectivity index is 1.97. The second-order valence-corrected chi connectivity index (χ2v) is 6.68. The summed E-state index contributed by atoms with van der Waals surface area (Å²) in [6.07, 6.45) is 1.28. The molecule has 2 rings (SSSR count). The fourth-order valence-electron chi connectivity index (χ4n) is 3.30. The molecule has 1 fully saturated rings. The van der Waals surface area contributed by atoms with Crippen molar-refractivity contribution in [3.63, 3.8) is 0 Å². The number of hydrogen-bond acceptors (Lipinski definition) is 5. The maximum absolute atomic E-state index is 11.6. The molecule has 8 nitrogen and oxygen atoms in total. The molecule has 1 aromatic rings. The van der Waals surface area contributed by atoms with E-state index in [4.69, 9.17) is 10.8 Å². The van der Waals surface area contributed by atoms with Crippen LogP contribution in [0.4, 0.5) is 11.4 Å². The first-order valence-electron chi connectivity index (χ1n) is 8.70. The summed E-state index contributed by atoms with van der Waals surface area (Å²) in [7, 11) is 0. The molecule has 5 N–H and O–H groups in total. The fraction of sp³-hybridized carbons (Fsp3) is 0.500. The molecule has 1 aromatic carbocycles. The summed E-state index contributed by atoms with van der Waals surface area (Å²) in [5.74, 6) is -1.74. The number of nitrogens with one attached hydrogen (secondary N) is 2. The smallest absolute Gasteiger partial charge is 0.306 e. The Morgan fingerprint density at radius 1 is 1.35 bits per heavy atom. The van der Waals surface area contributed by atoms with Crippen molar-refractivity contribution in [2.45, 2.75) is 32.7 Å². The quantitative estimate of drug-likeness (QED) is 0.580. The van der Waals surface area contributed by atoms with Crippen molar-refractivity contribution in [3.05, 3.63) is 23.8 Å². The van der Waals surface area contributed by atoms with Gasteiger partial charge in [0.05, 0.1) is 11.5 Å². The van der Waals surface area contributed by atoms with Crippen LogP contribution in [-0.4, -0.2) is 53.5 Å². The van der Waals surface area contributed by atoms with Gasteiger partial charge in [-0.15, -0.1) is 0 Å². The molecule has 1 aliphatic heterocycles. The summed E-state index contributed by atoms with van der Waals surface area (Å²) in [5.41, 5.74) is 6.92. The molecular formula is C18H26N4O4. The number of carbonyl (C=O) groups excluding carboxylic acids is 2. The first kappa shape index (κ1) is 19.7. The highest BCUT2D eigenvalue weighted by Gasteiger charge is 2.29. The second kappa shape index (κ2) is 8.66. The lowest BCUT2D eigenvalue weighted by atomic mass is 9.92. The van der Waals surface area contributed by atoms with Gasteiger partial charge >= 0.3 is 5.97 Å². The van der Waals surface area contributed by atoms with E-state index < -0.39 is 11.9 Å². The number of nitrogens with zero attached hydrogens (tertiary/aromatic N) is 1. The number of anilines is 2. The molecule has 2 unspecified atom stereocenters. The highest BCUT2D eigenvalue weighted by atomic mass is 16.4. The van der Waals surface area contributed by atoms with E-state index in [1.54, 1.807) is 18.2 Å². The van der Waals surface area contributed by atoms with Gasteiger partial charge in [0.2, 0.25) is 5.91 Å². The number of amides is 2. The topological polar surface area (TPSA) is 125 Å². The van der Waals surface area contributed by atoms with Crippen LogP contribution in [0.15, 0.2) is 18.2 Å². The number of primary amides is 1. The minimum atomic E-state index is -0.726. The third-order valence-corrected chi connectivity index (χ3v) is 4.68. The number of benzene rings is 1. The van der Waals surface area contributed by atoms with Crippen LogP contribution in [0.25, 0.3) is 0 Å². The molecule has 8 heteroatoms. The maximum Gasteiger partial charge on any atom is 0.306 e. The predicted molar refractivity (Wildman–Crippen MR) is 99.1 cm³/mol. The Morgan fingerprint density at radius 3 is 2.65 bits per heavy atom. The molecule has 0 aliphatic carbocycles. The van der Waals surface area contributed by atoms with Gasteiger partial charge in [0.25, 0.3) is 5.91 Å². The lowest BCUT2D eigenvalue weighted by Gasteiger charge is -2.36. The average Bonchev–Trinajstić information content (AvgIpc) is 2.55. The van der Waals surface area contributed by atoms with Crippen molar-refractivity contribution in [2.24, 2.45) is 11.7 Å². The molecule has 26 heavy (non-hydrogen) atoms. The number of aliphatic carboxylic acids is 1. The zero-order valence-electron chi connectivity index (χ0n) is 15.1. The number of hydrogen-bond donors (Lipinski definition) is 4. The Kier molecular flexibility index (Phi) is 6.57. The van der Waals surface area contributed by atoms with Crippen molar-refractivity contribution >= 4 is 29.2 Å². The Morgan fingerprint density at radius 2 is 2.08 bits per heavy atom. The highest BCUT2D eigenvalue weighted by Crippen LogP contribution is 2.24. The van der Waals surface area contributed by atoms with Crippen LogP contribution in [0.5, 0.6) is 0 Å². The van der Waals surface area contributed by atoms with Gasteiger partial charge < -0.3 is 21.5 Å². The zero-order valence-corrected chi connectivity index (χ0v) is 15.1. The lowest BCUT2D eigenvalue weighted by molar-refractivity contribution is -0.144. The zero-order chi connectivity index (χ0) is 19.3. The number of carbonyl (C=O) groups is 3. The van der Waals surface area contributed by atoms with Gasteiger partial charge in [-0.05, 0) is 44.5 Å². The van der Waals surface area contributed by atoms with Crippen LogP contribution >= 0.6 is 0 Å². The highest BCUT2D eigenvalue weighted by molar-refractivity contribution is 6.00. The number of rotatable bonds is 7. The molecule has 0 saturated carbocycles. The molecule has 1 saturated heterocycles. The van der Waals surface area contributed by atoms with Crippen LogP contribution in [0.1, 0.15) is 37.0 Å². The van der Waals surface area contributed by atoms with Crippen molar-refractivity contribution in [1.29, 1.82) is 0 Å². The van der Waals surface area contributed by atoms with Gasteiger partial charge in [-0.3, -0.25) is 19.3 Å². The van der Waals surface area contributed by atoms with Crippen molar-refractivity contribution in [2.75, 3.05) is 30.3 Å². The Bertz CT molecular complexity index is 692. The monoisotopic (exact) mass is 362 g/mol. The molecule has 1 heterocycles. The SMILES string of the molecule is CC(=O)Nc1ccc(C(N)=O)c(NCCN2CCC(C(=O)O)CC2C)c1. The van der Waals surface area contributed by atoms with E-state index in [0.29, 0.717) is 36.3 Å². The molecule has 2 amide bonds. The first-order chi connectivity index (χ1) is 12.3. The van der Waals surface area contributed by atoms with E-state index in [2.05, 4.69) is 15.5 Å². The predicted octanol–water partition coefficient (Wildman–Crippen LogP) is 1.34. The lowest BCUT2D eigenvalue weighted by Crippen LogP contribution is -2.44. The first-order valence-corrected chi connectivity index (χ1v) is 8.70. The molecule has 0 radical (unpaired) electrons. The third-order valence-electron chi connectivity index (χ3n) is 4.68. The molecule has 142 valence electrons. The minimum absolute atomic E-state index is 0.188. The summed E-state index contributed by atoms with van der Waals surface area (Å²) in [4.78, 5) is 36.1. The van der Waals surface area contributed by atoms with E-state index in [1.165, 1.54) is 6.92 Å². The van der Waals surface area contributed by atoms with Gasteiger partial charge in [0, 0.05) is 37.4 Å². The standard InChI is InChI=1S/C18H26N4O4/c1-11-9-13(18(25)26)5-7-22(11)8-6-20-16-10-14(21-12(2)23)3-4-15(16)17(19)24/h3-4,10-11,13,20H,5-9H2,1-2H3,(H2,19,24)(H,21,23)(H,25,26). The summed E-state index contributed by atoms with van der Waals surface area (Å²) in [5, 5.41) is 15.0. The maximum atomic E-state index is 11.6. The molecule has 0 spiro atoms. The molecule has 0 aromatic heterocycles. The van der Waals surface area contributed by atoms with Crippen molar-refractivity contribution < 1.29 is 19.5 Å². The van der Waals surface area contributed by atoms with E-state index in [9.17, 15) is 14.4 Å². The van der Waals surface area contributed by atoms with Gasteiger partial charge in [-0.2, -0.15) is 0 Å². The summed E-state index contributed by atoms with van der Waals surface area (Å²) in [6.45, 7) is 5.47. The average molecular weight is 362 g/mol. The fourth-order valence-corrected chi connectivity index (χ4v) is 3.30. The molecular weight excluding hydrogens is 336 g/mol. The number of piperidine rings is 1. The number of carboxylic acid groups (broad SMARTS) is 1. The van der Waals surface area contributed by atoms with Crippen molar-refractivity contribution in [1.82, 2.24) is 4.90 Å². The van der Waals surface area contributed by atoms with Crippen LogP contribution in [-0.2, 0) is 9.59 Å². The Hall–Kier alpha value is -2.61. The molecule has 2 atom stereocenters. The van der Waals surface area contributed by atoms with E-state index in [-0.39, 0.29) is 17.9 Å². The van der Waals surface area contributed by atoms with Crippen LogP contribution in [0.2, 0.25) is 0 Å². The minimum Gasteiger partial charge on any atom is -0.481 e. The van der Waals surface area contributed by atoms with Gasteiger partial charge in [-0.25, -0.2) is 0 Å². The van der Waals surface area contributed by atoms with Crippen LogP contribution in [0, 0.1) is 5.92 Å². The Labute approximate surface area is 152 Å². The number of nitrogens with two attached hydrogens (primary N) is 1. The normalized spacial score (nSPS) is 20.4. The summed E-state index contributed by atoms with van der Waals surface area (Å²) < 4.78 is 0. The van der Waals surface area contributed by atoms with Gasteiger partial charge in [0.1, 0.15) is 0 Å². The number of carboxylic acids is 1. The molecule has 0 bridgehead atoms. The van der Waals surface area contributed by atoms with E-state index in [0.717, 1.165) is 13.1 Å². The van der Waals surface area contributed by atoms with E-state index >= 15 is 0 Å². The molecule has 1 aliphatic rings. The number of likely N-dealkylation sites (tertiary alicyclic amines) is 1. The second-order valence-electron chi connectivity index (χ2n) is 6.68. The summed E-state index contributed by atoms with van der Waals surface area (Å²) >= 11 is 0. The van der Waals surface area contributed by atoms with Crippen LogP contribution in [0.3, 0.4) is 0 Å².